The number of rotatable bonds is 5. The van der Waals surface area contributed by atoms with Gasteiger partial charge in [-0.15, -0.1) is 0 Å². The average molecular weight is 235 g/mol. The summed E-state index contributed by atoms with van der Waals surface area (Å²) in [6.07, 6.45) is 2.21. The maximum Gasteiger partial charge on any atom is 0.374 e. The van der Waals surface area contributed by atoms with Crippen molar-refractivity contribution in [2.45, 2.75) is 32.6 Å². The van der Waals surface area contributed by atoms with E-state index in [1.54, 1.807) is 0 Å². The zero-order chi connectivity index (χ0) is 12.4. The van der Waals surface area contributed by atoms with Gasteiger partial charge in [0.05, 0.1) is 0 Å². The van der Waals surface area contributed by atoms with Crippen LogP contribution in [0.1, 0.15) is 48.9 Å². The highest BCUT2D eigenvalue weighted by atomic mass is 16.4. The molecule has 1 aliphatic rings. The summed E-state index contributed by atoms with van der Waals surface area (Å²) in [5.74, 6) is 0.0203. The van der Waals surface area contributed by atoms with Gasteiger partial charge >= 0.3 is 5.97 Å². The van der Waals surface area contributed by atoms with Gasteiger partial charge in [0.2, 0.25) is 5.82 Å². The number of carbonyl (C=O) groups is 1. The van der Waals surface area contributed by atoms with Gasteiger partial charge in [-0.3, -0.25) is 0 Å². The SMILES string of the molecule is CCN(CC)c1cc(C2CC2)nc(C(=O)O)n1. The molecule has 1 aliphatic carbocycles. The van der Waals surface area contributed by atoms with Gasteiger partial charge in [-0.1, -0.05) is 0 Å². The summed E-state index contributed by atoms with van der Waals surface area (Å²) in [5.41, 5.74) is 0.874. The fourth-order valence-corrected chi connectivity index (χ4v) is 1.85. The molecular weight excluding hydrogens is 218 g/mol. The Hall–Kier alpha value is -1.65. The van der Waals surface area contributed by atoms with Crippen molar-refractivity contribution in [3.8, 4) is 0 Å². The van der Waals surface area contributed by atoms with Crippen LogP contribution in [0.4, 0.5) is 5.82 Å². The third-order valence-electron chi connectivity index (χ3n) is 3.01. The van der Waals surface area contributed by atoms with E-state index in [0.29, 0.717) is 5.92 Å². The van der Waals surface area contributed by atoms with Gasteiger partial charge < -0.3 is 10.0 Å². The fraction of sp³-hybridized carbons (Fsp3) is 0.583. The zero-order valence-electron chi connectivity index (χ0n) is 10.2. The molecular formula is C12H17N3O2. The predicted octanol–water partition coefficient (Wildman–Crippen LogP) is 1.90. The van der Waals surface area contributed by atoms with Crippen LogP contribution in [0.5, 0.6) is 0 Å². The summed E-state index contributed by atoms with van der Waals surface area (Å²) in [6, 6.07) is 1.93. The summed E-state index contributed by atoms with van der Waals surface area (Å²) >= 11 is 0. The fourth-order valence-electron chi connectivity index (χ4n) is 1.85. The maximum atomic E-state index is 11.0. The molecule has 0 radical (unpaired) electrons. The number of aromatic carboxylic acids is 1. The first-order valence-electron chi connectivity index (χ1n) is 6.02. The number of carboxylic acids is 1. The molecule has 92 valence electrons. The number of nitrogens with zero attached hydrogens (tertiary/aromatic N) is 3. The Morgan fingerprint density at radius 3 is 2.53 bits per heavy atom. The van der Waals surface area contributed by atoms with Crippen LogP contribution in [0.25, 0.3) is 0 Å². The lowest BCUT2D eigenvalue weighted by Gasteiger charge is -2.20. The maximum absolute atomic E-state index is 11.0. The van der Waals surface area contributed by atoms with Gasteiger partial charge in [-0.2, -0.15) is 0 Å². The van der Waals surface area contributed by atoms with Gasteiger partial charge in [0.1, 0.15) is 5.82 Å². The molecule has 17 heavy (non-hydrogen) atoms. The molecule has 0 bridgehead atoms. The van der Waals surface area contributed by atoms with E-state index in [9.17, 15) is 4.79 Å². The molecule has 5 nitrogen and oxygen atoms in total. The minimum absolute atomic E-state index is 0.0868. The van der Waals surface area contributed by atoms with E-state index in [1.165, 1.54) is 0 Å². The molecule has 0 aromatic carbocycles. The molecule has 1 N–H and O–H groups in total. The second kappa shape index (κ2) is 4.69. The molecule has 1 fully saturated rings. The van der Waals surface area contributed by atoms with Gasteiger partial charge in [0.25, 0.3) is 0 Å². The van der Waals surface area contributed by atoms with Crippen LogP contribution < -0.4 is 4.90 Å². The van der Waals surface area contributed by atoms with E-state index < -0.39 is 5.97 Å². The largest absolute Gasteiger partial charge is 0.475 e. The number of anilines is 1. The third kappa shape index (κ3) is 2.54. The Kier molecular flexibility index (Phi) is 3.26. The predicted molar refractivity (Wildman–Crippen MR) is 64.5 cm³/mol. The standard InChI is InChI=1S/C12H17N3O2/c1-3-15(4-2)10-7-9(8-5-6-8)13-11(14-10)12(16)17/h7-8H,3-6H2,1-2H3,(H,16,17). The molecule has 5 heteroatoms. The minimum Gasteiger partial charge on any atom is -0.475 e. The van der Waals surface area contributed by atoms with Crippen molar-refractivity contribution in [3.63, 3.8) is 0 Å². The van der Waals surface area contributed by atoms with Crippen molar-refractivity contribution < 1.29 is 9.90 Å². The van der Waals surface area contributed by atoms with Crippen molar-refractivity contribution in [1.82, 2.24) is 9.97 Å². The molecule has 0 atom stereocenters. The van der Waals surface area contributed by atoms with Crippen LogP contribution in [-0.4, -0.2) is 34.1 Å². The van der Waals surface area contributed by atoms with E-state index in [0.717, 1.165) is 37.4 Å². The summed E-state index contributed by atoms with van der Waals surface area (Å²) in [5, 5.41) is 9.02. The van der Waals surface area contributed by atoms with E-state index in [-0.39, 0.29) is 5.82 Å². The van der Waals surface area contributed by atoms with E-state index in [2.05, 4.69) is 9.97 Å². The van der Waals surface area contributed by atoms with Gasteiger partial charge in [0.15, 0.2) is 0 Å². The third-order valence-corrected chi connectivity index (χ3v) is 3.01. The molecule has 1 heterocycles. The molecule has 0 amide bonds. The number of carboxylic acid groups (broad SMARTS) is 1. The molecule has 1 saturated carbocycles. The zero-order valence-corrected chi connectivity index (χ0v) is 10.2. The number of hydrogen-bond donors (Lipinski definition) is 1. The highest BCUT2D eigenvalue weighted by Gasteiger charge is 2.27. The molecule has 0 unspecified atom stereocenters. The lowest BCUT2D eigenvalue weighted by Crippen LogP contribution is -2.24. The summed E-state index contributed by atoms with van der Waals surface area (Å²) in [7, 11) is 0. The molecule has 2 rings (SSSR count). The van der Waals surface area contributed by atoms with Gasteiger partial charge in [0, 0.05) is 30.8 Å². The quantitative estimate of drug-likeness (QED) is 0.844. The normalized spacial score (nSPS) is 14.7. The molecule has 0 saturated heterocycles. The van der Waals surface area contributed by atoms with E-state index in [1.807, 2.05) is 24.8 Å². The van der Waals surface area contributed by atoms with Crippen LogP contribution in [0.3, 0.4) is 0 Å². The smallest absolute Gasteiger partial charge is 0.374 e. The topological polar surface area (TPSA) is 66.3 Å². The Morgan fingerprint density at radius 1 is 1.41 bits per heavy atom. The number of hydrogen-bond acceptors (Lipinski definition) is 4. The van der Waals surface area contributed by atoms with Crippen LogP contribution in [0.15, 0.2) is 6.07 Å². The molecule has 1 aromatic heterocycles. The van der Waals surface area contributed by atoms with Crippen molar-refractivity contribution in [1.29, 1.82) is 0 Å². The monoisotopic (exact) mass is 235 g/mol. The first kappa shape index (κ1) is 11.8. The van der Waals surface area contributed by atoms with Gasteiger partial charge in [-0.05, 0) is 26.7 Å². The summed E-state index contributed by atoms with van der Waals surface area (Å²) < 4.78 is 0. The van der Waals surface area contributed by atoms with Crippen molar-refractivity contribution in [2.75, 3.05) is 18.0 Å². The van der Waals surface area contributed by atoms with Crippen LogP contribution >= 0.6 is 0 Å². The van der Waals surface area contributed by atoms with Crippen molar-refractivity contribution in [3.05, 3.63) is 17.6 Å². The molecule has 1 aromatic rings. The summed E-state index contributed by atoms with van der Waals surface area (Å²) in [4.78, 5) is 21.3. The molecule has 0 spiro atoms. The Bertz CT molecular complexity index is 426. The van der Waals surface area contributed by atoms with Gasteiger partial charge in [-0.25, -0.2) is 14.8 Å². The lowest BCUT2D eigenvalue weighted by molar-refractivity contribution is 0.0683. The first-order chi connectivity index (χ1) is 8.15. The Morgan fingerprint density at radius 2 is 2.06 bits per heavy atom. The average Bonchev–Trinajstić information content (AvgIpc) is 3.14. The Labute approximate surface area is 100 Å². The molecule has 0 aliphatic heterocycles. The first-order valence-corrected chi connectivity index (χ1v) is 6.02. The van der Waals surface area contributed by atoms with Crippen LogP contribution in [0, 0.1) is 0 Å². The lowest BCUT2D eigenvalue weighted by atomic mass is 10.2. The minimum atomic E-state index is -1.05. The van der Waals surface area contributed by atoms with Crippen molar-refractivity contribution >= 4 is 11.8 Å². The van der Waals surface area contributed by atoms with Crippen LogP contribution in [0.2, 0.25) is 0 Å². The highest BCUT2D eigenvalue weighted by Crippen LogP contribution is 2.39. The van der Waals surface area contributed by atoms with E-state index in [4.69, 9.17) is 5.11 Å². The van der Waals surface area contributed by atoms with Crippen molar-refractivity contribution in [2.24, 2.45) is 0 Å². The second-order valence-electron chi connectivity index (χ2n) is 4.23. The summed E-state index contributed by atoms with van der Waals surface area (Å²) in [6.45, 7) is 5.69. The number of aromatic nitrogens is 2. The van der Waals surface area contributed by atoms with Crippen LogP contribution in [-0.2, 0) is 0 Å². The highest BCUT2D eigenvalue weighted by molar-refractivity contribution is 5.83. The van der Waals surface area contributed by atoms with E-state index >= 15 is 0 Å². The Balaban J connectivity index is 2.39. The second-order valence-corrected chi connectivity index (χ2v) is 4.23.